The first kappa shape index (κ1) is 10.7. The van der Waals surface area contributed by atoms with Crippen molar-refractivity contribution in [2.45, 2.75) is 0 Å². The van der Waals surface area contributed by atoms with Gasteiger partial charge in [0, 0.05) is 11.1 Å². The maximum absolute atomic E-state index is 10.2. The molecule has 1 aromatic rings. The molecule has 0 aliphatic heterocycles. The highest BCUT2D eigenvalue weighted by molar-refractivity contribution is 5.95. The number of hydrogen-bond donors (Lipinski definition) is 2. The Hall–Kier alpha value is -1.35. The lowest BCUT2D eigenvalue weighted by Gasteiger charge is -1.96. The standard InChI is InChI=1S/C8H8N2O.ClH/c9-8(10)7-3-1-6(5-11)2-4-7;/h1-5H,(H3,9,10);1H. The van der Waals surface area contributed by atoms with Crippen LogP contribution in [0.2, 0.25) is 0 Å². The van der Waals surface area contributed by atoms with Gasteiger partial charge in [-0.2, -0.15) is 0 Å². The molecule has 3 nitrogen and oxygen atoms in total. The fourth-order valence-corrected chi connectivity index (χ4v) is 0.741. The van der Waals surface area contributed by atoms with Crippen LogP contribution in [0.3, 0.4) is 0 Å². The largest absolute Gasteiger partial charge is 0.384 e. The number of hydrogen-bond acceptors (Lipinski definition) is 2. The quantitative estimate of drug-likeness (QED) is 0.412. The Balaban J connectivity index is 0.00000121. The zero-order valence-corrected chi connectivity index (χ0v) is 7.10. The number of rotatable bonds is 2. The van der Waals surface area contributed by atoms with E-state index in [1.54, 1.807) is 24.3 Å². The number of amidine groups is 1. The molecule has 12 heavy (non-hydrogen) atoms. The van der Waals surface area contributed by atoms with Crippen LogP contribution in [-0.2, 0) is 0 Å². The second-order valence-electron chi connectivity index (χ2n) is 2.15. The van der Waals surface area contributed by atoms with Crippen molar-refractivity contribution in [3.8, 4) is 0 Å². The van der Waals surface area contributed by atoms with Crippen molar-refractivity contribution in [2.75, 3.05) is 0 Å². The molecule has 0 saturated carbocycles. The van der Waals surface area contributed by atoms with Crippen LogP contribution in [0.1, 0.15) is 15.9 Å². The minimum Gasteiger partial charge on any atom is -0.384 e. The van der Waals surface area contributed by atoms with E-state index in [1.165, 1.54) is 0 Å². The molecular weight excluding hydrogens is 176 g/mol. The lowest BCUT2D eigenvalue weighted by molar-refractivity contribution is 0.112. The topological polar surface area (TPSA) is 66.9 Å². The first-order valence-corrected chi connectivity index (χ1v) is 3.13. The highest BCUT2D eigenvalue weighted by Crippen LogP contribution is 2.00. The van der Waals surface area contributed by atoms with E-state index in [1.807, 2.05) is 0 Å². The molecule has 0 heterocycles. The molecule has 0 aliphatic rings. The molecule has 4 heteroatoms. The predicted molar refractivity (Wildman–Crippen MR) is 50.1 cm³/mol. The van der Waals surface area contributed by atoms with Gasteiger partial charge in [-0.25, -0.2) is 0 Å². The van der Waals surface area contributed by atoms with E-state index in [0.29, 0.717) is 11.1 Å². The predicted octanol–water partition coefficient (Wildman–Crippen LogP) is 1.20. The van der Waals surface area contributed by atoms with Gasteiger partial charge in [-0.05, 0) is 0 Å². The van der Waals surface area contributed by atoms with E-state index in [2.05, 4.69) is 0 Å². The SMILES string of the molecule is Cl.N=C(N)c1ccc(C=O)cc1. The summed E-state index contributed by atoms with van der Waals surface area (Å²) in [5.74, 6) is 0.0162. The summed E-state index contributed by atoms with van der Waals surface area (Å²) in [6.07, 6.45) is 0.754. The highest BCUT2D eigenvalue weighted by Gasteiger charge is 1.94. The molecule has 0 unspecified atom stereocenters. The summed E-state index contributed by atoms with van der Waals surface area (Å²) in [5, 5.41) is 7.05. The zero-order valence-electron chi connectivity index (χ0n) is 6.28. The summed E-state index contributed by atoms with van der Waals surface area (Å²) in [7, 11) is 0. The lowest BCUT2D eigenvalue weighted by Crippen LogP contribution is -2.10. The molecule has 0 saturated heterocycles. The molecule has 0 spiro atoms. The maximum atomic E-state index is 10.2. The highest BCUT2D eigenvalue weighted by atomic mass is 35.5. The monoisotopic (exact) mass is 184 g/mol. The van der Waals surface area contributed by atoms with E-state index in [0.717, 1.165) is 6.29 Å². The summed E-state index contributed by atoms with van der Waals surface area (Å²) in [6.45, 7) is 0. The van der Waals surface area contributed by atoms with E-state index >= 15 is 0 Å². The van der Waals surface area contributed by atoms with Gasteiger partial charge in [0.25, 0.3) is 0 Å². The minimum absolute atomic E-state index is 0. The zero-order chi connectivity index (χ0) is 8.27. The number of benzene rings is 1. The van der Waals surface area contributed by atoms with Crippen LogP contribution >= 0.6 is 12.4 Å². The summed E-state index contributed by atoms with van der Waals surface area (Å²) in [5.41, 5.74) is 6.43. The third-order valence-corrected chi connectivity index (χ3v) is 1.36. The number of carbonyl (C=O) groups is 1. The van der Waals surface area contributed by atoms with Crippen LogP contribution in [0.5, 0.6) is 0 Å². The first-order valence-electron chi connectivity index (χ1n) is 3.13. The van der Waals surface area contributed by atoms with Crippen molar-refractivity contribution in [1.29, 1.82) is 5.41 Å². The minimum atomic E-state index is 0. The lowest BCUT2D eigenvalue weighted by atomic mass is 10.1. The van der Waals surface area contributed by atoms with Crippen LogP contribution in [0.4, 0.5) is 0 Å². The summed E-state index contributed by atoms with van der Waals surface area (Å²) < 4.78 is 0. The van der Waals surface area contributed by atoms with Crippen molar-refractivity contribution in [2.24, 2.45) is 5.73 Å². The van der Waals surface area contributed by atoms with Gasteiger partial charge in [-0.1, -0.05) is 24.3 Å². The van der Waals surface area contributed by atoms with Crippen molar-refractivity contribution >= 4 is 24.5 Å². The van der Waals surface area contributed by atoms with E-state index in [9.17, 15) is 4.79 Å². The van der Waals surface area contributed by atoms with Gasteiger partial charge in [-0.3, -0.25) is 10.2 Å². The first-order chi connectivity index (χ1) is 5.24. The number of nitrogens with two attached hydrogens (primary N) is 1. The summed E-state index contributed by atoms with van der Waals surface area (Å²) >= 11 is 0. The molecule has 64 valence electrons. The van der Waals surface area contributed by atoms with Gasteiger partial charge in [-0.15, -0.1) is 12.4 Å². The molecule has 0 atom stereocenters. The van der Waals surface area contributed by atoms with Crippen molar-refractivity contribution in [3.63, 3.8) is 0 Å². The Labute approximate surface area is 76.5 Å². The van der Waals surface area contributed by atoms with E-state index < -0.39 is 0 Å². The van der Waals surface area contributed by atoms with Gasteiger partial charge < -0.3 is 5.73 Å². The Morgan fingerprint density at radius 1 is 1.33 bits per heavy atom. The molecule has 1 rings (SSSR count). The normalized spacial score (nSPS) is 8.33. The van der Waals surface area contributed by atoms with E-state index in [4.69, 9.17) is 11.1 Å². The molecule has 1 aromatic carbocycles. The molecule has 0 radical (unpaired) electrons. The van der Waals surface area contributed by atoms with Crippen molar-refractivity contribution in [3.05, 3.63) is 35.4 Å². The Bertz CT molecular complexity index is 282. The summed E-state index contributed by atoms with van der Waals surface area (Å²) in [6, 6.07) is 6.55. The Kier molecular flexibility index (Phi) is 4.00. The fraction of sp³-hybridized carbons (Fsp3) is 0. The van der Waals surface area contributed by atoms with Gasteiger partial charge >= 0.3 is 0 Å². The van der Waals surface area contributed by atoms with Crippen LogP contribution < -0.4 is 5.73 Å². The van der Waals surface area contributed by atoms with Crippen molar-refractivity contribution < 1.29 is 4.79 Å². The number of halogens is 1. The second kappa shape index (κ2) is 4.51. The molecule has 0 amide bonds. The average Bonchev–Trinajstić information content (AvgIpc) is 2.05. The number of nitrogen functional groups attached to an aromatic ring is 1. The Morgan fingerprint density at radius 3 is 2.17 bits per heavy atom. The van der Waals surface area contributed by atoms with Crippen LogP contribution in [0, 0.1) is 5.41 Å². The molecular formula is C8H9ClN2O. The molecule has 0 aromatic heterocycles. The smallest absolute Gasteiger partial charge is 0.150 e. The van der Waals surface area contributed by atoms with Crippen molar-refractivity contribution in [1.82, 2.24) is 0 Å². The van der Waals surface area contributed by atoms with Crippen LogP contribution in [0.15, 0.2) is 24.3 Å². The number of carbonyl (C=O) groups excluding carboxylic acids is 1. The van der Waals surface area contributed by atoms with Gasteiger partial charge in [0.1, 0.15) is 12.1 Å². The van der Waals surface area contributed by atoms with E-state index in [-0.39, 0.29) is 18.2 Å². The molecule has 0 aliphatic carbocycles. The second-order valence-corrected chi connectivity index (χ2v) is 2.15. The summed E-state index contributed by atoms with van der Waals surface area (Å²) in [4.78, 5) is 10.2. The molecule has 0 fully saturated rings. The number of nitrogens with one attached hydrogen (secondary N) is 1. The fourth-order valence-electron chi connectivity index (χ4n) is 0.741. The van der Waals surface area contributed by atoms with Gasteiger partial charge in [0.05, 0.1) is 0 Å². The third kappa shape index (κ3) is 2.36. The van der Waals surface area contributed by atoms with Crippen LogP contribution in [0.25, 0.3) is 0 Å². The molecule has 3 N–H and O–H groups in total. The maximum Gasteiger partial charge on any atom is 0.150 e. The van der Waals surface area contributed by atoms with Gasteiger partial charge in [0.15, 0.2) is 0 Å². The third-order valence-electron chi connectivity index (χ3n) is 1.36. The Morgan fingerprint density at radius 2 is 1.83 bits per heavy atom. The van der Waals surface area contributed by atoms with Crippen LogP contribution in [-0.4, -0.2) is 12.1 Å². The molecule has 0 bridgehead atoms. The number of aldehydes is 1. The average molecular weight is 185 g/mol. The van der Waals surface area contributed by atoms with Gasteiger partial charge in [0.2, 0.25) is 0 Å².